The number of rotatable bonds is 57. The van der Waals surface area contributed by atoms with Crippen molar-refractivity contribution >= 4 is 13.7 Å². The summed E-state index contributed by atoms with van der Waals surface area (Å²) < 4.78 is 23.4. The number of likely N-dealkylation sites (N-methyl/N-ethyl adjacent to an activating group) is 1. The molecule has 0 aromatic carbocycles. The van der Waals surface area contributed by atoms with E-state index in [2.05, 4.69) is 19.2 Å². The van der Waals surface area contributed by atoms with E-state index in [4.69, 9.17) is 9.05 Å². The summed E-state index contributed by atoms with van der Waals surface area (Å²) in [6, 6.07) is -0.882. The van der Waals surface area contributed by atoms with Gasteiger partial charge in [-0.15, -0.1) is 0 Å². The molecule has 0 aliphatic carbocycles. The van der Waals surface area contributed by atoms with Gasteiger partial charge in [0.1, 0.15) is 13.2 Å². The van der Waals surface area contributed by atoms with Crippen LogP contribution in [-0.2, 0) is 18.4 Å². The van der Waals surface area contributed by atoms with Crippen LogP contribution in [0.2, 0.25) is 0 Å². The van der Waals surface area contributed by atoms with Crippen LogP contribution in [0.4, 0.5) is 0 Å². The zero-order chi connectivity index (χ0) is 50.6. The van der Waals surface area contributed by atoms with E-state index in [1.165, 1.54) is 257 Å². The van der Waals surface area contributed by atoms with Gasteiger partial charge >= 0.3 is 0 Å². The highest BCUT2D eigenvalue weighted by molar-refractivity contribution is 7.45. The number of amides is 1. The number of quaternary nitrogens is 1. The zero-order valence-electron chi connectivity index (χ0n) is 47.0. The number of allylic oxidation sites excluding steroid dienone is 1. The normalized spacial score (nSPS) is 13.9. The van der Waals surface area contributed by atoms with Crippen LogP contribution < -0.4 is 10.2 Å². The van der Waals surface area contributed by atoms with Crippen molar-refractivity contribution in [3.05, 3.63) is 12.2 Å². The Bertz CT molecular complexity index is 1130. The number of phosphoric acid groups is 1. The molecule has 0 aliphatic rings. The number of hydrogen-bond acceptors (Lipinski definition) is 6. The van der Waals surface area contributed by atoms with Gasteiger partial charge in [-0.25, -0.2) is 0 Å². The van der Waals surface area contributed by atoms with Gasteiger partial charge in [0.25, 0.3) is 7.82 Å². The molecule has 2 N–H and O–H groups in total. The number of hydrogen-bond donors (Lipinski definition) is 2. The number of unbranched alkanes of at least 4 members (excludes halogenated alkanes) is 44. The Labute approximate surface area is 431 Å². The molecule has 0 aromatic heterocycles. The largest absolute Gasteiger partial charge is 0.756 e. The standard InChI is InChI=1S/C60H121N2O6P/c1-6-8-10-12-14-16-18-20-22-24-26-28-30-32-33-35-37-39-41-43-45-47-49-51-53-59(63)58(57-68-69(65,66)67-56-55-62(3,4)5)61-60(64)54-52-50-48-46-44-42-40-38-36-34-31-29-27-25-23-21-19-17-15-13-11-9-7-2/h51,53,58-59,63H,6-50,52,54-57H2,1-5H3,(H-,61,64,65,66)/b53-51+. The predicted molar refractivity (Wildman–Crippen MR) is 298 cm³/mol. The number of carbonyl (C=O) groups is 1. The summed E-state index contributed by atoms with van der Waals surface area (Å²) in [5, 5.41) is 13.9. The van der Waals surface area contributed by atoms with Gasteiger partial charge in [0.05, 0.1) is 39.9 Å². The maximum atomic E-state index is 13.0. The van der Waals surface area contributed by atoms with Gasteiger partial charge in [0.15, 0.2) is 0 Å². The number of nitrogens with one attached hydrogen (secondary N) is 1. The highest BCUT2D eigenvalue weighted by Crippen LogP contribution is 2.38. The Balaban J connectivity index is 4.14. The number of carbonyl (C=O) groups excluding carboxylic acids is 1. The molecule has 0 spiro atoms. The molecule has 0 rings (SSSR count). The minimum absolute atomic E-state index is 0.00281. The van der Waals surface area contributed by atoms with Crippen molar-refractivity contribution in [2.24, 2.45) is 0 Å². The van der Waals surface area contributed by atoms with Gasteiger partial charge in [-0.1, -0.05) is 302 Å². The van der Waals surface area contributed by atoms with E-state index in [9.17, 15) is 19.4 Å². The first-order chi connectivity index (χ1) is 33.5. The predicted octanol–water partition coefficient (Wildman–Crippen LogP) is 18.0. The summed E-state index contributed by atoms with van der Waals surface area (Å²) in [4.78, 5) is 25.5. The van der Waals surface area contributed by atoms with Crippen LogP contribution in [0.3, 0.4) is 0 Å². The van der Waals surface area contributed by atoms with Crippen LogP contribution >= 0.6 is 7.82 Å². The molecule has 8 nitrogen and oxygen atoms in total. The number of aliphatic hydroxyl groups is 1. The van der Waals surface area contributed by atoms with E-state index in [1.807, 2.05) is 27.2 Å². The minimum Gasteiger partial charge on any atom is -0.756 e. The molecule has 0 fully saturated rings. The van der Waals surface area contributed by atoms with Crippen LogP contribution in [0.1, 0.15) is 316 Å². The number of aliphatic hydroxyl groups excluding tert-OH is 1. The Morgan fingerprint density at radius 3 is 1.09 bits per heavy atom. The van der Waals surface area contributed by atoms with E-state index in [1.54, 1.807) is 6.08 Å². The SMILES string of the molecule is CCCCCCCCCCCCCCCCCCCCCCCC/C=C/C(O)C(COP(=O)([O-])OCC[N+](C)(C)C)NC(=O)CCCCCCCCCCCCCCCCCCCCCCCCC. The first-order valence-corrected chi connectivity index (χ1v) is 32.0. The molecule has 0 radical (unpaired) electrons. The average Bonchev–Trinajstić information content (AvgIpc) is 3.31. The second kappa shape index (κ2) is 52.1. The molecular formula is C60H121N2O6P. The van der Waals surface area contributed by atoms with Crippen LogP contribution in [-0.4, -0.2) is 68.5 Å². The van der Waals surface area contributed by atoms with Crippen molar-refractivity contribution in [1.29, 1.82) is 0 Å². The highest BCUT2D eigenvalue weighted by Gasteiger charge is 2.23. The molecule has 9 heteroatoms. The topological polar surface area (TPSA) is 108 Å². The lowest BCUT2D eigenvalue weighted by molar-refractivity contribution is -0.870. The number of phosphoric ester groups is 1. The summed E-state index contributed by atoms with van der Waals surface area (Å²) in [7, 11) is 1.28. The molecule has 0 aliphatic heterocycles. The van der Waals surface area contributed by atoms with Crippen molar-refractivity contribution in [2.75, 3.05) is 40.9 Å². The molecule has 69 heavy (non-hydrogen) atoms. The first-order valence-electron chi connectivity index (χ1n) is 30.6. The molecule has 3 atom stereocenters. The average molecular weight is 998 g/mol. The van der Waals surface area contributed by atoms with Gasteiger partial charge in [-0.05, 0) is 19.3 Å². The van der Waals surface area contributed by atoms with E-state index < -0.39 is 20.0 Å². The molecular weight excluding hydrogens is 876 g/mol. The van der Waals surface area contributed by atoms with Gasteiger partial charge in [-0.2, -0.15) is 0 Å². The smallest absolute Gasteiger partial charge is 0.268 e. The second-order valence-corrected chi connectivity index (χ2v) is 23.8. The molecule has 0 aromatic rings. The lowest BCUT2D eigenvalue weighted by Crippen LogP contribution is -2.45. The molecule has 0 heterocycles. The van der Waals surface area contributed by atoms with Crippen molar-refractivity contribution in [3.8, 4) is 0 Å². The maximum absolute atomic E-state index is 13.0. The van der Waals surface area contributed by atoms with Gasteiger partial charge in [0, 0.05) is 6.42 Å². The molecule has 0 saturated carbocycles. The van der Waals surface area contributed by atoms with Crippen LogP contribution in [0, 0.1) is 0 Å². The first kappa shape index (κ1) is 68.2. The summed E-state index contributed by atoms with van der Waals surface area (Å²) >= 11 is 0. The molecule has 412 valence electrons. The minimum atomic E-state index is -4.59. The zero-order valence-corrected chi connectivity index (χ0v) is 47.9. The lowest BCUT2D eigenvalue weighted by Gasteiger charge is -2.29. The third-order valence-corrected chi connectivity index (χ3v) is 15.2. The van der Waals surface area contributed by atoms with Crippen molar-refractivity contribution in [2.45, 2.75) is 328 Å². The Kier molecular flexibility index (Phi) is 51.5. The van der Waals surface area contributed by atoms with Crippen LogP contribution in [0.15, 0.2) is 12.2 Å². The highest BCUT2D eigenvalue weighted by atomic mass is 31.2. The van der Waals surface area contributed by atoms with E-state index in [-0.39, 0.29) is 19.1 Å². The fourth-order valence-corrected chi connectivity index (χ4v) is 10.2. The molecule has 1 amide bonds. The van der Waals surface area contributed by atoms with E-state index in [0.717, 1.165) is 38.5 Å². The van der Waals surface area contributed by atoms with Gasteiger partial charge in [0.2, 0.25) is 5.91 Å². The van der Waals surface area contributed by atoms with E-state index >= 15 is 0 Å². The van der Waals surface area contributed by atoms with Gasteiger partial charge in [-0.3, -0.25) is 9.36 Å². The summed E-state index contributed by atoms with van der Waals surface area (Å²) in [6.07, 6.45) is 64.4. The van der Waals surface area contributed by atoms with Crippen molar-refractivity contribution in [1.82, 2.24) is 5.32 Å². The maximum Gasteiger partial charge on any atom is 0.268 e. The third kappa shape index (κ3) is 54.8. The van der Waals surface area contributed by atoms with E-state index in [0.29, 0.717) is 17.4 Å². The van der Waals surface area contributed by atoms with Crippen LogP contribution in [0.25, 0.3) is 0 Å². The summed E-state index contributed by atoms with van der Waals surface area (Å²) in [5.74, 6) is -0.189. The van der Waals surface area contributed by atoms with Crippen molar-refractivity contribution in [3.63, 3.8) is 0 Å². The Hall–Kier alpha value is -0.760. The summed E-state index contributed by atoms with van der Waals surface area (Å²) in [5.41, 5.74) is 0. The van der Waals surface area contributed by atoms with Crippen molar-refractivity contribution < 1.29 is 32.9 Å². The molecule has 3 unspecified atom stereocenters. The molecule has 0 bridgehead atoms. The van der Waals surface area contributed by atoms with Crippen LogP contribution in [0.5, 0.6) is 0 Å². The Morgan fingerprint density at radius 2 is 0.783 bits per heavy atom. The summed E-state index contributed by atoms with van der Waals surface area (Å²) in [6.45, 7) is 4.71. The monoisotopic (exact) mass is 997 g/mol. The fourth-order valence-electron chi connectivity index (χ4n) is 9.45. The fraction of sp³-hybridized carbons (Fsp3) is 0.950. The quantitative estimate of drug-likeness (QED) is 0.0272. The third-order valence-electron chi connectivity index (χ3n) is 14.2. The number of nitrogens with zero attached hydrogens (tertiary/aromatic N) is 1. The lowest BCUT2D eigenvalue weighted by atomic mass is 10.0. The van der Waals surface area contributed by atoms with Gasteiger partial charge < -0.3 is 28.8 Å². The second-order valence-electron chi connectivity index (χ2n) is 22.4. The molecule has 0 saturated heterocycles. The Morgan fingerprint density at radius 1 is 0.493 bits per heavy atom.